The van der Waals surface area contributed by atoms with Gasteiger partial charge in [-0.3, -0.25) is 4.79 Å². The summed E-state index contributed by atoms with van der Waals surface area (Å²) in [6.45, 7) is 6.19. The first-order valence-electron chi connectivity index (χ1n) is 10.7. The minimum atomic E-state index is -0.661. The van der Waals surface area contributed by atoms with Gasteiger partial charge in [-0.25, -0.2) is 9.59 Å². The number of carbonyl (C=O) groups excluding carboxylic acids is 3. The molecule has 0 aliphatic heterocycles. The van der Waals surface area contributed by atoms with Crippen LogP contribution in [0.15, 0.2) is 23.4 Å². The molecule has 13 heteroatoms. The molecule has 1 amide bonds. The second-order valence-electron chi connectivity index (χ2n) is 7.45. The van der Waals surface area contributed by atoms with Crippen LogP contribution in [0.4, 0.5) is 5.00 Å². The van der Waals surface area contributed by atoms with Gasteiger partial charge in [0.2, 0.25) is 5.91 Å². The number of aryl methyl sites for hydroxylation is 1. The SMILES string of the molecule is CCn1c(COc2cc(C)ccc2Cl)nnc1SCC(=O)Nc1sc(C(=O)OC)c(C)c1C(=O)OC. The lowest BCUT2D eigenvalue weighted by Crippen LogP contribution is -2.16. The molecule has 2 heterocycles. The summed E-state index contributed by atoms with van der Waals surface area (Å²) in [5, 5.41) is 12.3. The normalized spacial score (nSPS) is 10.7. The number of esters is 2. The molecule has 3 aromatic rings. The Morgan fingerprint density at radius 1 is 1.14 bits per heavy atom. The van der Waals surface area contributed by atoms with Crippen LogP contribution in [0.25, 0.3) is 0 Å². The molecule has 0 bridgehead atoms. The Hall–Kier alpha value is -3.09. The molecule has 10 nitrogen and oxygen atoms in total. The molecule has 0 atom stereocenters. The van der Waals surface area contributed by atoms with E-state index in [1.54, 1.807) is 13.0 Å². The summed E-state index contributed by atoms with van der Waals surface area (Å²) in [6.07, 6.45) is 0. The molecule has 3 rings (SSSR count). The van der Waals surface area contributed by atoms with Crippen molar-refractivity contribution in [2.45, 2.75) is 39.1 Å². The predicted molar refractivity (Wildman–Crippen MR) is 137 cm³/mol. The van der Waals surface area contributed by atoms with Gasteiger partial charge < -0.3 is 24.1 Å². The van der Waals surface area contributed by atoms with E-state index in [0.717, 1.165) is 16.9 Å². The fourth-order valence-electron chi connectivity index (χ4n) is 3.24. The molecule has 0 saturated heterocycles. The van der Waals surface area contributed by atoms with Crippen molar-refractivity contribution in [3.8, 4) is 5.75 Å². The number of hydrogen-bond donors (Lipinski definition) is 1. The fraction of sp³-hybridized carbons (Fsp3) is 0.348. The highest BCUT2D eigenvalue weighted by atomic mass is 35.5. The van der Waals surface area contributed by atoms with E-state index in [2.05, 4.69) is 15.5 Å². The van der Waals surface area contributed by atoms with Gasteiger partial charge in [-0.2, -0.15) is 0 Å². The van der Waals surface area contributed by atoms with Gasteiger partial charge in [-0.05, 0) is 44.0 Å². The number of carbonyl (C=O) groups is 3. The van der Waals surface area contributed by atoms with E-state index in [4.69, 9.17) is 25.8 Å². The Morgan fingerprint density at radius 3 is 2.53 bits per heavy atom. The van der Waals surface area contributed by atoms with Crippen molar-refractivity contribution < 1.29 is 28.6 Å². The molecule has 0 fully saturated rings. The number of anilines is 1. The standard InChI is InChI=1S/C23H25ClN4O6S2/c1-6-28-16(10-34-15-9-12(2)7-8-14(15)24)26-27-23(28)35-11-17(29)25-20-18(21(30)32-4)13(3)19(36-20)22(31)33-5/h7-9H,6,10-11H2,1-5H3,(H,25,29). The summed E-state index contributed by atoms with van der Waals surface area (Å²) in [7, 11) is 2.47. The van der Waals surface area contributed by atoms with Crippen molar-refractivity contribution >= 4 is 57.5 Å². The minimum absolute atomic E-state index is 0.00613. The zero-order chi connectivity index (χ0) is 26.4. The first-order valence-corrected chi connectivity index (χ1v) is 12.9. The van der Waals surface area contributed by atoms with Gasteiger partial charge in [-0.15, -0.1) is 21.5 Å². The van der Waals surface area contributed by atoms with Crippen molar-refractivity contribution in [1.82, 2.24) is 14.8 Å². The Balaban J connectivity index is 1.69. The zero-order valence-electron chi connectivity index (χ0n) is 20.3. The fourth-order valence-corrected chi connectivity index (χ4v) is 5.37. The summed E-state index contributed by atoms with van der Waals surface area (Å²) in [5.41, 5.74) is 1.52. The van der Waals surface area contributed by atoms with Crippen LogP contribution < -0.4 is 10.1 Å². The summed E-state index contributed by atoms with van der Waals surface area (Å²) < 4.78 is 17.2. The second kappa shape index (κ2) is 12.2. The molecular weight excluding hydrogens is 528 g/mol. The number of aromatic nitrogens is 3. The Labute approximate surface area is 221 Å². The molecule has 0 spiro atoms. The monoisotopic (exact) mass is 552 g/mol. The number of methoxy groups -OCH3 is 2. The van der Waals surface area contributed by atoms with Crippen LogP contribution in [-0.4, -0.2) is 52.6 Å². The molecule has 0 aliphatic carbocycles. The minimum Gasteiger partial charge on any atom is -0.484 e. The summed E-state index contributed by atoms with van der Waals surface area (Å²) >= 11 is 8.33. The number of nitrogens with zero attached hydrogens (tertiary/aromatic N) is 3. The van der Waals surface area contributed by atoms with E-state index in [1.165, 1.54) is 26.0 Å². The number of halogens is 1. The third kappa shape index (κ3) is 6.18. The Morgan fingerprint density at radius 2 is 1.86 bits per heavy atom. The largest absolute Gasteiger partial charge is 0.484 e. The lowest BCUT2D eigenvalue weighted by Gasteiger charge is -2.10. The van der Waals surface area contributed by atoms with Gasteiger partial charge in [-0.1, -0.05) is 29.4 Å². The van der Waals surface area contributed by atoms with Crippen molar-refractivity contribution in [1.29, 1.82) is 0 Å². The second-order valence-corrected chi connectivity index (χ2v) is 9.82. The van der Waals surface area contributed by atoms with Crippen LogP contribution in [-0.2, 0) is 27.4 Å². The average molecular weight is 553 g/mol. The maximum Gasteiger partial charge on any atom is 0.348 e. The average Bonchev–Trinajstić information content (AvgIpc) is 3.41. The maximum absolute atomic E-state index is 12.7. The third-order valence-corrected chi connectivity index (χ3v) is 7.51. The summed E-state index contributed by atoms with van der Waals surface area (Å²) in [6, 6.07) is 5.51. The van der Waals surface area contributed by atoms with Crippen LogP contribution >= 0.6 is 34.7 Å². The van der Waals surface area contributed by atoms with Gasteiger partial charge in [0.05, 0.1) is 30.6 Å². The smallest absolute Gasteiger partial charge is 0.348 e. The van der Waals surface area contributed by atoms with E-state index in [9.17, 15) is 14.4 Å². The van der Waals surface area contributed by atoms with E-state index >= 15 is 0 Å². The highest BCUT2D eigenvalue weighted by Crippen LogP contribution is 2.34. The van der Waals surface area contributed by atoms with Gasteiger partial charge in [0, 0.05) is 6.54 Å². The van der Waals surface area contributed by atoms with Gasteiger partial charge in [0.25, 0.3) is 0 Å². The molecule has 192 valence electrons. The molecule has 2 aromatic heterocycles. The number of amides is 1. The molecule has 0 unspecified atom stereocenters. The number of rotatable bonds is 10. The number of benzene rings is 1. The highest BCUT2D eigenvalue weighted by molar-refractivity contribution is 7.99. The molecular formula is C23H25ClN4O6S2. The van der Waals surface area contributed by atoms with Crippen LogP contribution in [0, 0.1) is 13.8 Å². The van der Waals surface area contributed by atoms with Gasteiger partial charge >= 0.3 is 11.9 Å². The summed E-state index contributed by atoms with van der Waals surface area (Å²) in [4.78, 5) is 37.2. The maximum atomic E-state index is 12.7. The first kappa shape index (κ1) is 27.5. The molecule has 1 aromatic carbocycles. The van der Waals surface area contributed by atoms with Crippen molar-refractivity contribution in [3.63, 3.8) is 0 Å². The van der Waals surface area contributed by atoms with Crippen LogP contribution in [0.2, 0.25) is 5.02 Å². The lowest BCUT2D eigenvalue weighted by atomic mass is 10.1. The molecule has 36 heavy (non-hydrogen) atoms. The van der Waals surface area contributed by atoms with Crippen molar-refractivity contribution in [2.75, 3.05) is 25.3 Å². The van der Waals surface area contributed by atoms with Crippen molar-refractivity contribution in [3.05, 3.63) is 50.6 Å². The molecule has 0 radical (unpaired) electrons. The van der Waals surface area contributed by atoms with Crippen LogP contribution in [0.1, 0.15) is 43.9 Å². The van der Waals surface area contributed by atoms with E-state index < -0.39 is 17.8 Å². The first-order chi connectivity index (χ1) is 17.2. The molecule has 0 aliphatic rings. The van der Waals surface area contributed by atoms with E-state index in [1.807, 2.05) is 30.5 Å². The molecule has 1 N–H and O–H groups in total. The number of nitrogens with one attached hydrogen (secondary N) is 1. The number of thioether (sulfide) groups is 1. The summed E-state index contributed by atoms with van der Waals surface area (Å²) in [5.74, 6) is -0.523. The van der Waals surface area contributed by atoms with Crippen LogP contribution in [0.3, 0.4) is 0 Å². The quantitative estimate of drug-likeness (QED) is 0.286. The predicted octanol–water partition coefficient (Wildman–Crippen LogP) is 4.51. The third-order valence-electron chi connectivity index (χ3n) is 5.05. The van der Waals surface area contributed by atoms with E-state index in [0.29, 0.717) is 33.9 Å². The lowest BCUT2D eigenvalue weighted by molar-refractivity contribution is -0.113. The van der Waals surface area contributed by atoms with Crippen LogP contribution in [0.5, 0.6) is 5.75 Å². The Kier molecular flexibility index (Phi) is 9.35. The zero-order valence-corrected chi connectivity index (χ0v) is 22.7. The Bertz CT molecular complexity index is 1290. The highest BCUT2D eigenvalue weighted by Gasteiger charge is 2.27. The van der Waals surface area contributed by atoms with Crippen molar-refractivity contribution in [2.24, 2.45) is 0 Å². The number of ether oxygens (including phenoxy) is 3. The van der Waals surface area contributed by atoms with Gasteiger partial charge in [0.1, 0.15) is 22.2 Å². The number of hydrogen-bond acceptors (Lipinski definition) is 10. The van der Waals surface area contributed by atoms with E-state index in [-0.39, 0.29) is 27.8 Å². The molecule has 0 saturated carbocycles. The van der Waals surface area contributed by atoms with Gasteiger partial charge in [0.15, 0.2) is 11.0 Å². The number of thiophene rings is 1. The topological polar surface area (TPSA) is 122 Å².